The van der Waals surface area contributed by atoms with Gasteiger partial charge in [0, 0.05) is 12.7 Å². The highest BCUT2D eigenvalue weighted by Gasteiger charge is 2.21. The monoisotopic (exact) mass is 319 g/mol. The normalized spacial score (nSPS) is 11.4. The minimum absolute atomic E-state index is 0.00328. The lowest BCUT2D eigenvalue weighted by Crippen LogP contribution is -2.16. The molecule has 0 aliphatic heterocycles. The minimum atomic E-state index is -0.619. The number of aromatic nitrogens is 2. The Morgan fingerprint density at radius 2 is 1.96 bits per heavy atom. The van der Waals surface area contributed by atoms with Crippen molar-refractivity contribution in [3.8, 4) is 0 Å². The number of halogens is 1. The Hall–Kier alpha value is -2.17. The third-order valence-electron chi connectivity index (χ3n) is 3.73. The number of nitrogens with one attached hydrogen (secondary N) is 1. The zero-order chi connectivity index (χ0) is 17.6. The predicted molar refractivity (Wildman–Crippen MR) is 92.4 cm³/mol. The second-order valence-electron chi connectivity index (χ2n) is 5.23. The molecule has 4 nitrogen and oxygen atoms in total. The van der Waals surface area contributed by atoms with Gasteiger partial charge in [-0.1, -0.05) is 45.9 Å². The van der Waals surface area contributed by atoms with Crippen LogP contribution in [0, 0.1) is 12.9 Å². The van der Waals surface area contributed by atoms with E-state index in [4.69, 9.17) is 0 Å². The van der Waals surface area contributed by atoms with E-state index in [1.54, 1.807) is 6.92 Å². The first-order valence-corrected chi connectivity index (χ1v) is 8.05. The lowest BCUT2D eigenvalue weighted by atomic mass is 9.97. The van der Waals surface area contributed by atoms with E-state index < -0.39 is 11.9 Å². The minimum Gasteiger partial charge on any atom is -0.322 e. The molecule has 2 rings (SSSR count). The van der Waals surface area contributed by atoms with Crippen molar-refractivity contribution in [3.05, 3.63) is 47.0 Å². The van der Waals surface area contributed by atoms with Crippen LogP contribution in [0.25, 0.3) is 0 Å². The van der Waals surface area contributed by atoms with Crippen molar-refractivity contribution in [1.82, 2.24) is 9.78 Å². The standard InChI is InChI=1S/C16H20FN3O.C2H6/c1-5-10(2)12-8-6-7-9-13(12)18-16(21)14-11(3)19-20(4)15(14)17;1-2/h6-10H,5H2,1-4H3,(H,18,21);1-2H3. The number of anilines is 1. The summed E-state index contributed by atoms with van der Waals surface area (Å²) in [7, 11) is 1.48. The summed E-state index contributed by atoms with van der Waals surface area (Å²) in [5.74, 6) is -0.763. The van der Waals surface area contributed by atoms with Crippen molar-refractivity contribution in [1.29, 1.82) is 0 Å². The van der Waals surface area contributed by atoms with Crippen LogP contribution in [0.1, 0.15) is 61.6 Å². The first kappa shape index (κ1) is 18.9. The average Bonchev–Trinajstić information content (AvgIpc) is 2.81. The summed E-state index contributed by atoms with van der Waals surface area (Å²) in [6.07, 6.45) is 0.965. The van der Waals surface area contributed by atoms with Gasteiger partial charge < -0.3 is 5.32 Å². The third kappa shape index (κ3) is 4.18. The second-order valence-corrected chi connectivity index (χ2v) is 5.23. The second kappa shape index (κ2) is 8.46. The zero-order valence-corrected chi connectivity index (χ0v) is 14.8. The van der Waals surface area contributed by atoms with Crippen LogP contribution in [0.15, 0.2) is 24.3 Å². The lowest BCUT2D eigenvalue weighted by Gasteiger charge is -2.15. The number of carbonyl (C=O) groups excluding carboxylic acids is 1. The van der Waals surface area contributed by atoms with Crippen molar-refractivity contribution in [3.63, 3.8) is 0 Å². The summed E-state index contributed by atoms with van der Waals surface area (Å²) in [6.45, 7) is 9.81. The van der Waals surface area contributed by atoms with Gasteiger partial charge in [0.05, 0.1) is 5.69 Å². The lowest BCUT2D eigenvalue weighted by molar-refractivity contribution is 0.102. The molecular weight excluding hydrogens is 293 g/mol. The molecule has 1 N–H and O–H groups in total. The molecule has 0 aliphatic rings. The van der Waals surface area contributed by atoms with E-state index in [1.807, 2.05) is 38.1 Å². The van der Waals surface area contributed by atoms with Gasteiger partial charge in [-0.25, -0.2) is 4.68 Å². The van der Waals surface area contributed by atoms with E-state index in [0.29, 0.717) is 11.6 Å². The van der Waals surface area contributed by atoms with Crippen LogP contribution in [0.4, 0.5) is 10.1 Å². The van der Waals surface area contributed by atoms with Gasteiger partial charge in [-0.15, -0.1) is 0 Å². The molecule has 23 heavy (non-hydrogen) atoms. The average molecular weight is 319 g/mol. The maximum Gasteiger partial charge on any atom is 0.262 e. The number of benzene rings is 1. The molecule has 1 atom stereocenters. The molecule has 0 aliphatic carbocycles. The molecule has 0 saturated carbocycles. The van der Waals surface area contributed by atoms with Gasteiger partial charge in [0.2, 0.25) is 5.95 Å². The van der Waals surface area contributed by atoms with Gasteiger partial charge in [0.1, 0.15) is 5.56 Å². The number of nitrogens with zero attached hydrogens (tertiary/aromatic N) is 2. The number of aryl methyl sites for hydroxylation is 2. The van der Waals surface area contributed by atoms with Gasteiger partial charge >= 0.3 is 0 Å². The van der Waals surface area contributed by atoms with Crippen LogP contribution in [0.5, 0.6) is 0 Å². The van der Waals surface area contributed by atoms with E-state index in [0.717, 1.165) is 22.4 Å². The zero-order valence-electron chi connectivity index (χ0n) is 14.8. The van der Waals surface area contributed by atoms with Crippen LogP contribution < -0.4 is 5.32 Å². The molecule has 1 unspecified atom stereocenters. The fraction of sp³-hybridized carbons (Fsp3) is 0.444. The first-order chi connectivity index (χ1) is 11.0. The van der Waals surface area contributed by atoms with Gasteiger partial charge in [0.15, 0.2) is 0 Å². The summed E-state index contributed by atoms with van der Waals surface area (Å²) >= 11 is 0. The molecule has 5 heteroatoms. The fourth-order valence-electron chi connectivity index (χ4n) is 2.33. The van der Waals surface area contributed by atoms with Crippen molar-refractivity contribution in [2.24, 2.45) is 7.05 Å². The summed E-state index contributed by atoms with van der Waals surface area (Å²) in [5, 5.41) is 6.73. The van der Waals surface area contributed by atoms with Crippen molar-refractivity contribution in [2.75, 3.05) is 5.32 Å². The summed E-state index contributed by atoms with van der Waals surface area (Å²) in [6, 6.07) is 7.61. The molecule has 0 bridgehead atoms. The van der Waals surface area contributed by atoms with Gasteiger partial charge in [0.25, 0.3) is 5.91 Å². The Kier molecular flexibility index (Phi) is 6.94. The Morgan fingerprint density at radius 1 is 1.35 bits per heavy atom. The fourth-order valence-corrected chi connectivity index (χ4v) is 2.33. The Labute approximate surface area is 137 Å². The number of hydrogen-bond donors (Lipinski definition) is 1. The molecule has 1 aromatic heterocycles. The first-order valence-electron chi connectivity index (χ1n) is 8.05. The molecule has 0 spiro atoms. The Balaban J connectivity index is 0.00000127. The van der Waals surface area contributed by atoms with E-state index in [-0.39, 0.29) is 5.56 Å². The van der Waals surface area contributed by atoms with Gasteiger partial charge in [-0.3, -0.25) is 4.79 Å². The SMILES string of the molecule is CC.CCC(C)c1ccccc1NC(=O)c1c(C)nn(C)c1F. The number of hydrogen-bond acceptors (Lipinski definition) is 2. The van der Waals surface area contributed by atoms with E-state index in [9.17, 15) is 9.18 Å². The molecule has 0 saturated heterocycles. The summed E-state index contributed by atoms with van der Waals surface area (Å²) in [4.78, 5) is 12.3. The number of rotatable bonds is 4. The highest BCUT2D eigenvalue weighted by atomic mass is 19.1. The summed E-state index contributed by atoms with van der Waals surface area (Å²) < 4.78 is 15.0. The van der Waals surface area contributed by atoms with Crippen LogP contribution in [-0.2, 0) is 7.05 Å². The van der Waals surface area contributed by atoms with Gasteiger partial charge in [-0.2, -0.15) is 9.49 Å². The maximum atomic E-state index is 13.9. The van der Waals surface area contributed by atoms with Crippen molar-refractivity contribution in [2.45, 2.75) is 47.0 Å². The van der Waals surface area contributed by atoms with Crippen LogP contribution in [0.2, 0.25) is 0 Å². The molecule has 0 fully saturated rings. The quantitative estimate of drug-likeness (QED) is 0.891. The van der Waals surface area contributed by atoms with Gasteiger partial charge in [-0.05, 0) is 30.9 Å². The third-order valence-corrected chi connectivity index (χ3v) is 3.73. The highest BCUT2D eigenvalue weighted by Crippen LogP contribution is 2.27. The molecule has 0 radical (unpaired) electrons. The highest BCUT2D eigenvalue weighted by molar-refractivity contribution is 6.05. The van der Waals surface area contributed by atoms with Crippen molar-refractivity contribution >= 4 is 11.6 Å². The maximum absolute atomic E-state index is 13.9. The smallest absolute Gasteiger partial charge is 0.262 e. The largest absolute Gasteiger partial charge is 0.322 e. The van der Waals surface area contributed by atoms with Crippen LogP contribution >= 0.6 is 0 Å². The molecule has 1 amide bonds. The molecule has 1 heterocycles. The molecule has 1 aromatic carbocycles. The Morgan fingerprint density at radius 3 is 2.48 bits per heavy atom. The molecule has 126 valence electrons. The molecular formula is C18H26FN3O. The van der Waals surface area contributed by atoms with Crippen LogP contribution in [0.3, 0.4) is 0 Å². The van der Waals surface area contributed by atoms with Crippen LogP contribution in [-0.4, -0.2) is 15.7 Å². The number of carbonyl (C=O) groups is 1. The van der Waals surface area contributed by atoms with E-state index in [1.165, 1.54) is 7.05 Å². The number of para-hydroxylation sites is 1. The summed E-state index contributed by atoms with van der Waals surface area (Å²) in [5.41, 5.74) is 2.15. The molecule has 2 aromatic rings. The number of amides is 1. The van der Waals surface area contributed by atoms with Crippen molar-refractivity contribution < 1.29 is 9.18 Å². The van der Waals surface area contributed by atoms with E-state index >= 15 is 0 Å². The van der Waals surface area contributed by atoms with E-state index in [2.05, 4.69) is 24.3 Å². The topological polar surface area (TPSA) is 46.9 Å². The Bertz CT molecular complexity index is 664. The predicted octanol–water partition coefficient (Wildman–Crippen LogP) is 4.66.